The number of anilines is 1. The summed E-state index contributed by atoms with van der Waals surface area (Å²) in [6.07, 6.45) is 2.84. The first-order valence-corrected chi connectivity index (χ1v) is 9.15. The van der Waals surface area contributed by atoms with Gasteiger partial charge in [-0.2, -0.15) is 4.98 Å². The summed E-state index contributed by atoms with van der Waals surface area (Å²) in [6, 6.07) is 5.20. The zero-order valence-corrected chi connectivity index (χ0v) is 15.0. The summed E-state index contributed by atoms with van der Waals surface area (Å²) in [6.45, 7) is 0.362. The smallest absolute Gasteiger partial charge is 0.258 e. The summed E-state index contributed by atoms with van der Waals surface area (Å²) in [5.74, 6) is -1.18. The van der Waals surface area contributed by atoms with Crippen LogP contribution >= 0.6 is 23.2 Å². The number of hydrogen-bond donors (Lipinski definition) is 0. The molecule has 1 aromatic heterocycles. The van der Waals surface area contributed by atoms with E-state index in [9.17, 15) is 9.59 Å². The summed E-state index contributed by atoms with van der Waals surface area (Å²) >= 11 is 12.1. The topological polar surface area (TPSA) is 77.3 Å². The van der Waals surface area contributed by atoms with Gasteiger partial charge in [-0.1, -0.05) is 29.3 Å². The van der Waals surface area contributed by atoms with E-state index in [1.807, 2.05) is 0 Å². The number of nitrogens with zero attached hydrogens (tertiary/aromatic N) is 4. The van der Waals surface area contributed by atoms with Crippen molar-refractivity contribution in [3.8, 4) is 0 Å². The van der Waals surface area contributed by atoms with Gasteiger partial charge < -0.3 is 4.74 Å². The lowest BCUT2D eigenvalue weighted by Gasteiger charge is -2.14. The van der Waals surface area contributed by atoms with E-state index in [4.69, 9.17) is 27.9 Å². The Hall–Kier alpha value is -1.96. The molecule has 0 saturated carbocycles. The van der Waals surface area contributed by atoms with Crippen molar-refractivity contribution in [2.45, 2.75) is 31.6 Å². The summed E-state index contributed by atoms with van der Waals surface area (Å²) in [5.41, 5.74) is 0.815. The molecule has 0 aliphatic carbocycles. The molecule has 0 N–H and O–H groups in total. The largest absolute Gasteiger partial charge is 0.373 e. The van der Waals surface area contributed by atoms with Crippen molar-refractivity contribution in [3.63, 3.8) is 0 Å². The fourth-order valence-corrected chi connectivity index (χ4v) is 4.67. The van der Waals surface area contributed by atoms with Gasteiger partial charge >= 0.3 is 0 Å². The molecule has 0 unspecified atom stereocenters. The lowest BCUT2D eigenvalue weighted by molar-refractivity contribution is -0.124. The van der Waals surface area contributed by atoms with Gasteiger partial charge in [0.1, 0.15) is 6.33 Å². The van der Waals surface area contributed by atoms with Crippen LogP contribution in [0, 0.1) is 11.8 Å². The van der Waals surface area contributed by atoms with Crippen LogP contribution in [0.2, 0.25) is 10.0 Å². The van der Waals surface area contributed by atoms with Crippen molar-refractivity contribution in [3.05, 3.63) is 40.1 Å². The maximum atomic E-state index is 12.7. The van der Waals surface area contributed by atoms with Crippen molar-refractivity contribution < 1.29 is 14.3 Å². The monoisotopic (exact) mass is 392 g/mol. The fourth-order valence-electron chi connectivity index (χ4n) is 4.20. The fraction of sp³-hybridized carbons (Fsp3) is 0.412. The van der Waals surface area contributed by atoms with Crippen molar-refractivity contribution in [1.29, 1.82) is 0 Å². The van der Waals surface area contributed by atoms with E-state index in [2.05, 4.69) is 10.1 Å². The summed E-state index contributed by atoms with van der Waals surface area (Å²) in [5, 5.41) is 5.38. The number of fused-ring (bicyclic) bond motifs is 5. The zero-order valence-electron chi connectivity index (χ0n) is 13.5. The van der Waals surface area contributed by atoms with Crippen LogP contribution < -0.4 is 4.90 Å². The van der Waals surface area contributed by atoms with Crippen molar-refractivity contribution in [2.75, 3.05) is 4.90 Å². The van der Waals surface area contributed by atoms with Crippen LogP contribution in [0.3, 0.4) is 0 Å². The van der Waals surface area contributed by atoms with E-state index in [-0.39, 0.29) is 41.8 Å². The molecule has 9 heteroatoms. The van der Waals surface area contributed by atoms with Crippen LogP contribution in [0.1, 0.15) is 18.4 Å². The molecule has 1 aromatic carbocycles. The van der Waals surface area contributed by atoms with Gasteiger partial charge in [-0.25, -0.2) is 9.58 Å². The molecule has 134 valence electrons. The number of carbonyl (C=O) groups is 2. The number of hydrogen-bond acceptors (Lipinski definition) is 5. The second-order valence-electron chi connectivity index (χ2n) is 6.83. The van der Waals surface area contributed by atoms with Gasteiger partial charge in [-0.05, 0) is 30.5 Å². The zero-order chi connectivity index (χ0) is 18.0. The Balaban J connectivity index is 1.40. The minimum atomic E-state index is -0.390. The minimum Gasteiger partial charge on any atom is -0.373 e. The van der Waals surface area contributed by atoms with Crippen LogP contribution in [-0.4, -0.2) is 38.8 Å². The molecule has 5 rings (SSSR count). The minimum absolute atomic E-state index is 0.110. The molecule has 2 bridgehead atoms. The number of benzene rings is 1. The van der Waals surface area contributed by atoms with E-state index in [1.54, 1.807) is 22.9 Å². The average Bonchev–Trinajstić information content (AvgIpc) is 3.35. The number of ether oxygens (including phenoxy) is 1. The van der Waals surface area contributed by atoms with Gasteiger partial charge in [0.15, 0.2) is 0 Å². The number of halogens is 2. The van der Waals surface area contributed by atoms with E-state index in [1.165, 1.54) is 6.33 Å². The van der Waals surface area contributed by atoms with Crippen LogP contribution in [0.4, 0.5) is 5.95 Å². The van der Waals surface area contributed by atoms with Gasteiger partial charge in [0.05, 0.1) is 30.6 Å². The lowest BCUT2D eigenvalue weighted by atomic mass is 9.81. The first kappa shape index (κ1) is 16.2. The third-order valence-corrected chi connectivity index (χ3v) is 5.94. The van der Waals surface area contributed by atoms with E-state index < -0.39 is 0 Å². The summed E-state index contributed by atoms with van der Waals surface area (Å²) < 4.78 is 7.28. The van der Waals surface area contributed by atoms with E-state index in [0.717, 1.165) is 23.3 Å². The molecule has 3 aliphatic heterocycles. The van der Waals surface area contributed by atoms with Crippen molar-refractivity contribution in [2.24, 2.45) is 11.8 Å². The first-order valence-electron chi connectivity index (χ1n) is 8.39. The highest BCUT2D eigenvalue weighted by molar-refractivity contribution is 6.35. The molecule has 7 nitrogen and oxygen atoms in total. The van der Waals surface area contributed by atoms with Crippen molar-refractivity contribution in [1.82, 2.24) is 14.8 Å². The van der Waals surface area contributed by atoms with E-state index in [0.29, 0.717) is 16.6 Å². The maximum absolute atomic E-state index is 12.7. The molecule has 4 heterocycles. The average molecular weight is 393 g/mol. The number of carbonyl (C=O) groups excluding carboxylic acids is 2. The quantitative estimate of drug-likeness (QED) is 0.748. The highest BCUT2D eigenvalue weighted by atomic mass is 35.5. The molecule has 0 radical (unpaired) electrons. The predicted octanol–water partition coefficient (Wildman–Crippen LogP) is 2.30. The molecule has 0 spiro atoms. The van der Waals surface area contributed by atoms with E-state index >= 15 is 0 Å². The number of imide groups is 1. The molecule has 3 saturated heterocycles. The van der Waals surface area contributed by atoms with Gasteiger partial charge in [0, 0.05) is 10.0 Å². The molecule has 2 amide bonds. The van der Waals surface area contributed by atoms with Gasteiger partial charge in [0.25, 0.3) is 5.95 Å². The normalized spacial score (nSPS) is 29.7. The molecule has 26 heavy (non-hydrogen) atoms. The third-order valence-electron chi connectivity index (χ3n) is 5.36. The van der Waals surface area contributed by atoms with Crippen LogP contribution in [-0.2, 0) is 20.9 Å². The molecular weight excluding hydrogens is 379 g/mol. The molecule has 4 atom stereocenters. The lowest BCUT2D eigenvalue weighted by Crippen LogP contribution is -2.35. The number of rotatable bonds is 3. The van der Waals surface area contributed by atoms with Crippen molar-refractivity contribution >= 4 is 41.0 Å². The highest BCUT2D eigenvalue weighted by Gasteiger charge is 2.63. The third kappa shape index (κ3) is 2.31. The Labute approximate surface area is 158 Å². The Kier molecular flexibility index (Phi) is 3.60. The Morgan fingerprint density at radius 2 is 1.81 bits per heavy atom. The molecule has 3 aliphatic rings. The van der Waals surface area contributed by atoms with Gasteiger partial charge in [-0.3, -0.25) is 9.59 Å². The molecule has 3 fully saturated rings. The Morgan fingerprint density at radius 3 is 2.46 bits per heavy atom. The highest BCUT2D eigenvalue weighted by Crippen LogP contribution is 2.48. The summed E-state index contributed by atoms with van der Waals surface area (Å²) in [4.78, 5) is 30.8. The summed E-state index contributed by atoms with van der Waals surface area (Å²) in [7, 11) is 0. The predicted molar refractivity (Wildman–Crippen MR) is 93.0 cm³/mol. The van der Waals surface area contributed by atoms with Gasteiger partial charge in [0.2, 0.25) is 11.8 Å². The second-order valence-corrected chi connectivity index (χ2v) is 7.68. The van der Waals surface area contributed by atoms with Crippen LogP contribution in [0.15, 0.2) is 24.5 Å². The molecular formula is C17H14Cl2N4O3. The first-order chi connectivity index (χ1) is 12.5. The Bertz CT molecular complexity index is 902. The second kappa shape index (κ2) is 5.77. The Morgan fingerprint density at radius 1 is 1.12 bits per heavy atom. The number of amides is 2. The number of aromatic nitrogens is 3. The van der Waals surface area contributed by atoms with Gasteiger partial charge in [-0.15, -0.1) is 5.10 Å². The molecule has 2 aromatic rings. The van der Waals surface area contributed by atoms with Crippen LogP contribution in [0.25, 0.3) is 0 Å². The van der Waals surface area contributed by atoms with Crippen LogP contribution in [0.5, 0.6) is 0 Å². The maximum Gasteiger partial charge on any atom is 0.258 e. The standard InChI is InChI=1S/C17H14Cl2N4O3/c18-9-2-1-8(10(19)5-9)6-22-7-20-17(21-22)23-15(24)13-11-3-4-12(26-11)14(13)16(23)25/h1-2,5,7,11-14H,3-4,6H2/t11-,12+,13-,14+. The SMILES string of the molecule is O=C1[C@@H]2[C@H](C(=O)N1c1ncn(Cc3ccc(Cl)cc3Cl)n1)[C@H]1CC[C@@H]2O1.